The zero-order valence-corrected chi connectivity index (χ0v) is 13.8. The van der Waals surface area contributed by atoms with E-state index in [1.54, 1.807) is 24.3 Å². The molecule has 24 heavy (non-hydrogen) atoms. The SMILES string of the molecule is O=C1NC(=S)S/C1=C/C1=CCC(c2ccc3c(c2)C(=O)NC3=O)O1. The van der Waals surface area contributed by atoms with Crippen LogP contribution in [0.2, 0.25) is 0 Å². The van der Waals surface area contributed by atoms with Crippen LogP contribution >= 0.6 is 24.0 Å². The van der Waals surface area contributed by atoms with Crippen LogP contribution in [0.4, 0.5) is 0 Å². The van der Waals surface area contributed by atoms with Gasteiger partial charge in [0.05, 0.1) is 16.0 Å². The fraction of sp³-hybridized carbons (Fsp3) is 0.125. The number of imide groups is 1. The fourth-order valence-electron chi connectivity index (χ4n) is 2.72. The van der Waals surface area contributed by atoms with Crippen LogP contribution in [-0.4, -0.2) is 22.0 Å². The van der Waals surface area contributed by atoms with E-state index in [0.29, 0.717) is 32.5 Å². The van der Waals surface area contributed by atoms with Crippen molar-refractivity contribution in [1.29, 1.82) is 0 Å². The van der Waals surface area contributed by atoms with Crippen molar-refractivity contribution in [3.63, 3.8) is 0 Å². The Morgan fingerprint density at radius 2 is 1.92 bits per heavy atom. The number of thiocarbonyl (C=S) groups is 1. The Kier molecular flexibility index (Phi) is 3.50. The van der Waals surface area contributed by atoms with Crippen LogP contribution in [0.3, 0.4) is 0 Å². The number of hydrogen-bond acceptors (Lipinski definition) is 6. The van der Waals surface area contributed by atoms with E-state index >= 15 is 0 Å². The second kappa shape index (κ2) is 5.57. The highest BCUT2D eigenvalue weighted by Gasteiger charge is 2.29. The number of fused-ring (bicyclic) bond motifs is 1. The first-order valence-electron chi connectivity index (χ1n) is 7.12. The molecule has 1 atom stereocenters. The third-order valence-corrected chi connectivity index (χ3v) is 5.02. The molecule has 0 aliphatic carbocycles. The predicted octanol–water partition coefficient (Wildman–Crippen LogP) is 1.95. The van der Waals surface area contributed by atoms with Crippen molar-refractivity contribution >= 4 is 46.0 Å². The molecule has 2 N–H and O–H groups in total. The van der Waals surface area contributed by atoms with E-state index in [-0.39, 0.29) is 17.9 Å². The van der Waals surface area contributed by atoms with Gasteiger partial charge in [0.15, 0.2) is 0 Å². The van der Waals surface area contributed by atoms with E-state index in [1.165, 1.54) is 11.8 Å². The molecule has 0 aromatic heterocycles. The molecule has 0 radical (unpaired) electrons. The van der Waals surface area contributed by atoms with Crippen LogP contribution in [0, 0.1) is 0 Å². The summed E-state index contributed by atoms with van der Waals surface area (Å²) in [5.74, 6) is -0.413. The fourth-order valence-corrected chi connectivity index (χ4v) is 3.74. The minimum atomic E-state index is -0.391. The largest absolute Gasteiger partial charge is 0.486 e. The summed E-state index contributed by atoms with van der Waals surface area (Å²) in [6.45, 7) is 0. The highest BCUT2D eigenvalue weighted by molar-refractivity contribution is 8.26. The molecule has 0 bridgehead atoms. The summed E-state index contributed by atoms with van der Waals surface area (Å²) in [6.07, 6.45) is 3.89. The molecule has 1 saturated heterocycles. The van der Waals surface area contributed by atoms with Gasteiger partial charge in [0.2, 0.25) is 0 Å². The number of ether oxygens (including phenoxy) is 1. The van der Waals surface area contributed by atoms with E-state index in [2.05, 4.69) is 10.6 Å². The Bertz CT molecular complexity index is 888. The third kappa shape index (κ3) is 2.53. The summed E-state index contributed by atoms with van der Waals surface area (Å²) >= 11 is 6.14. The average molecular weight is 358 g/mol. The van der Waals surface area contributed by atoms with E-state index in [0.717, 1.165) is 5.56 Å². The van der Waals surface area contributed by atoms with Gasteiger partial charge >= 0.3 is 0 Å². The molecule has 3 aliphatic heterocycles. The molecule has 1 unspecified atom stereocenters. The lowest BCUT2D eigenvalue weighted by Crippen LogP contribution is -2.19. The van der Waals surface area contributed by atoms with Gasteiger partial charge in [0, 0.05) is 6.42 Å². The number of carbonyl (C=O) groups is 3. The van der Waals surface area contributed by atoms with Crippen molar-refractivity contribution in [2.75, 3.05) is 0 Å². The summed E-state index contributed by atoms with van der Waals surface area (Å²) in [6, 6.07) is 5.08. The molecule has 8 heteroatoms. The van der Waals surface area contributed by atoms with Gasteiger partial charge in [0.25, 0.3) is 17.7 Å². The molecule has 3 aliphatic rings. The highest BCUT2D eigenvalue weighted by Crippen LogP contribution is 2.35. The summed E-state index contributed by atoms with van der Waals surface area (Å²) in [4.78, 5) is 35.5. The summed E-state index contributed by atoms with van der Waals surface area (Å²) in [5.41, 5.74) is 1.55. The summed E-state index contributed by atoms with van der Waals surface area (Å²) in [5, 5.41) is 4.81. The van der Waals surface area contributed by atoms with E-state index in [4.69, 9.17) is 17.0 Å². The van der Waals surface area contributed by atoms with Gasteiger partial charge in [-0.2, -0.15) is 0 Å². The number of amides is 3. The lowest BCUT2D eigenvalue weighted by atomic mass is 10.0. The van der Waals surface area contributed by atoms with Gasteiger partial charge in [-0.15, -0.1) is 0 Å². The second-order valence-corrected chi connectivity index (χ2v) is 7.11. The first-order valence-corrected chi connectivity index (χ1v) is 8.35. The maximum absolute atomic E-state index is 11.7. The summed E-state index contributed by atoms with van der Waals surface area (Å²) < 4.78 is 6.27. The maximum Gasteiger partial charge on any atom is 0.263 e. The molecule has 0 saturated carbocycles. The van der Waals surface area contributed by atoms with Gasteiger partial charge in [-0.05, 0) is 29.8 Å². The first kappa shape index (κ1) is 15.1. The Balaban J connectivity index is 1.53. The van der Waals surface area contributed by atoms with Gasteiger partial charge < -0.3 is 10.1 Å². The Morgan fingerprint density at radius 3 is 2.67 bits per heavy atom. The van der Waals surface area contributed by atoms with Crippen molar-refractivity contribution in [1.82, 2.24) is 10.6 Å². The molecule has 1 aromatic carbocycles. The number of nitrogens with one attached hydrogen (secondary N) is 2. The van der Waals surface area contributed by atoms with Crippen LogP contribution in [0.25, 0.3) is 0 Å². The minimum absolute atomic E-state index is 0.231. The zero-order chi connectivity index (χ0) is 16.8. The number of benzene rings is 1. The number of hydrogen-bond donors (Lipinski definition) is 2. The second-order valence-electron chi connectivity index (χ2n) is 5.39. The van der Waals surface area contributed by atoms with Crippen molar-refractivity contribution < 1.29 is 19.1 Å². The molecule has 3 heterocycles. The van der Waals surface area contributed by atoms with Crippen LogP contribution in [-0.2, 0) is 9.53 Å². The smallest absolute Gasteiger partial charge is 0.263 e. The molecule has 3 amide bonds. The topological polar surface area (TPSA) is 84.5 Å². The quantitative estimate of drug-likeness (QED) is 0.478. The molecule has 6 nitrogen and oxygen atoms in total. The number of allylic oxidation sites excluding steroid dienone is 1. The molecular formula is C16H10N2O4S2. The van der Waals surface area contributed by atoms with Crippen molar-refractivity contribution in [2.45, 2.75) is 12.5 Å². The average Bonchev–Trinajstić information content (AvgIpc) is 3.20. The van der Waals surface area contributed by atoms with Crippen LogP contribution in [0.5, 0.6) is 0 Å². The Labute approximate surface area is 146 Å². The summed E-state index contributed by atoms with van der Waals surface area (Å²) in [7, 11) is 0. The van der Waals surface area contributed by atoms with Crippen molar-refractivity contribution in [2.24, 2.45) is 0 Å². The Hall–Kier alpha value is -2.45. The van der Waals surface area contributed by atoms with Gasteiger partial charge in [0.1, 0.15) is 16.2 Å². The molecule has 1 aromatic rings. The first-order chi connectivity index (χ1) is 11.5. The van der Waals surface area contributed by atoms with Crippen LogP contribution in [0.15, 0.2) is 41.0 Å². The van der Waals surface area contributed by atoms with E-state index in [9.17, 15) is 14.4 Å². The molecular weight excluding hydrogens is 348 g/mol. The monoisotopic (exact) mass is 358 g/mol. The standard InChI is InChI=1S/C16H10N2O4S2/c19-13-9-3-1-7(5-10(9)14(20)17-13)11-4-2-8(22-11)6-12-15(21)18-16(23)24-12/h1-3,5-6,11H,4H2,(H,17,19,20)(H,18,21,23)/b12-6+. The molecule has 0 spiro atoms. The molecule has 1 fully saturated rings. The molecule has 120 valence electrons. The Morgan fingerprint density at radius 1 is 1.12 bits per heavy atom. The lowest BCUT2D eigenvalue weighted by molar-refractivity contribution is -0.115. The van der Waals surface area contributed by atoms with Crippen molar-refractivity contribution in [3.8, 4) is 0 Å². The predicted molar refractivity (Wildman–Crippen MR) is 91.2 cm³/mol. The van der Waals surface area contributed by atoms with Gasteiger partial charge in [-0.1, -0.05) is 30.0 Å². The third-order valence-electron chi connectivity index (χ3n) is 3.86. The molecule has 4 rings (SSSR count). The van der Waals surface area contributed by atoms with Crippen LogP contribution in [0.1, 0.15) is 38.8 Å². The normalized spacial score (nSPS) is 23.9. The van der Waals surface area contributed by atoms with E-state index in [1.807, 2.05) is 6.08 Å². The highest BCUT2D eigenvalue weighted by atomic mass is 32.2. The van der Waals surface area contributed by atoms with E-state index < -0.39 is 5.91 Å². The van der Waals surface area contributed by atoms with Crippen LogP contribution < -0.4 is 10.6 Å². The lowest BCUT2D eigenvalue weighted by Gasteiger charge is -2.13. The minimum Gasteiger partial charge on any atom is -0.486 e. The number of rotatable bonds is 2. The maximum atomic E-state index is 11.7. The van der Waals surface area contributed by atoms with Gasteiger partial charge in [-0.3, -0.25) is 19.7 Å². The zero-order valence-electron chi connectivity index (χ0n) is 12.1. The van der Waals surface area contributed by atoms with Crippen molar-refractivity contribution in [3.05, 3.63) is 57.7 Å². The number of thioether (sulfide) groups is 1. The number of carbonyl (C=O) groups excluding carboxylic acids is 3. The van der Waals surface area contributed by atoms with Gasteiger partial charge in [-0.25, -0.2) is 0 Å².